The van der Waals surface area contributed by atoms with Crippen molar-refractivity contribution in [2.75, 3.05) is 0 Å². The zero-order chi connectivity index (χ0) is 22.1. The van der Waals surface area contributed by atoms with Crippen molar-refractivity contribution in [3.63, 3.8) is 0 Å². The molecule has 2 atom stereocenters. The minimum absolute atomic E-state index is 0.118. The minimum atomic E-state index is -0.739. The lowest BCUT2D eigenvalue weighted by atomic mass is 9.64. The number of carbonyl (C=O) groups is 2. The van der Waals surface area contributed by atoms with E-state index in [1.807, 2.05) is 74.5 Å². The second-order valence-electron chi connectivity index (χ2n) is 9.94. The van der Waals surface area contributed by atoms with E-state index in [1.54, 1.807) is 0 Å². The Morgan fingerprint density at radius 2 is 1.55 bits per heavy atom. The number of cyclic esters (lactones) is 1. The van der Waals surface area contributed by atoms with Crippen LogP contribution in [0.1, 0.15) is 69.9 Å². The monoisotopic (exact) mass is 419 g/mol. The van der Waals surface area contributed by atoms with Gasteiger partial charge in [0.15, 0.2) is 0 Å². The topological polar surface area (TPSA) is 46.6 Å². The summed E-state index contributed by atoms with van der Waals surface area (Å²) < 4.78 is 5.74. The van der Waals surface area contributed by atoms with Crippen molar-refractivity contribution in [3.05, 3.63) is 71.8 Å². The first-order valence-electron chi connectivity index (χ1n) is 11.5. The smallest absolute Gasteiger partial charge is 0.417 e. The van der Waals surface area contributed by atoms with Gasteiger partial charge in [0.05, 0.1) is 12.0 Å². The molecule has 0 aromatic heterocycles. The van der Waals surface area contributed by atoms with Crippen LogP contribution in [0.15, 0.2) is 60.7 Å². The maximum absolute atomic E-state index is 14.2. The summed E-state index contributed by atoms with van der Waals surface area (Å²) in [4.78, 5) is 28.6. The van der Waals surface area contributed by atoms with Gasteiger partial charge in [0, 0.05) is 0 Å². The second-order valence-corrected chi connectivity index (χ2v) is 9.94. The van der Waals surface area contributed by atoms with Crippen molar-refractivity contribution >= 4 is 12.0 Å². The van der Waals surface area contributed by atoms with Gasteiger partial charge in [0.25, 0.3) is 0 Å². The molecule has 2 aromatic rings. The van der Waals surface area contributed by atoms with Gasteiger partial charge in [0.2, 0.25) is 5.91 Å². The molecule has 2 aliphatic rings. The first-order valence-corrected chi connectivity index (χ1v) is 11.5. The summed E-state index contributed by atoms with van der Waals surface area (Å²) in [6.07, 6.45) is 5.51. The Balaban J connectivity index is 1.72. The summed E-state index contributed by atoms with van der Waals surface area (Å²) in [5, 5.41) is 0. The predicted octanol–water partition coefficient (Wildman–Crippen LogP) is 6.11. The third-order valence-electron chi connectivity index (χ3n) is 7.24. The molecule has 0 N–H and O–H groups in total. The summed E-state index contributed by atoms with van der Waals surface area (Å²) in [6, 6.07) is 19.7. The molecule has 2 aromatic carbocycles. The Kier molecular flexibility index (Phi) is 5.92. The molecular weight excluding hydrogens is 386 g/mol. The van der Waals surface area contributed by atoms with Gasteiger partial charge in [-0.15, -0.1) is 0 Å². The van der Waals surface area contributed by atoms with Crippen LogP contribution in [-0.2, 0) is 16.0 Å². The lowest BCUT2D eigenvalue weighted by Crippen LogP contribution is -2.50. The highest BCUT2D eigenvalue weighted by atomic mass is 16.6. The molecule has 0 spiro atoms. The van der Waals surface area contributed by atoms with Crippen LogP contribution >= 0.6 is 0 Å². The van der Waals surface area contributed by atoms with E-state index in [-0.39, 0.29) is 23.3 Å². The van der Waals surface area contributed by atoms with Crippen molar-refractivity contribution in [1.82, 2.24) is 4.90 Å². The van der Waals surface area contributed by atoms with Crippen LogP contribution in [0.25, 0.3) is 0 Å². The number of imide groups is 1. The van der Waals surface area contributed by atoms with E-state index >= 15 is 0 Å². The number of carbonyl (C=O) groups excluding carboxylic acids is 2. The van der Waals surface area contributed by atoms with Gasteiger partial charge in [-0.25, -0.2) is 9.69 Å². The lowest BCUT2D eigenvalue weighted by molar-refractivity contribution is -0.135. The SMILES string of the molecule is CC1([C@H](C(=O)N2C(=O)OC(C)(C)[C@@H]2Cc2ccccc2)c2ccccc2)CCCCC1. The van der Waals surface area contributed by atoms with Crippen LogP contribution in [0, 0.1) is 5.41 Å². The molecule has 1 saturated carbocycles. The Labute approximate surface area is 185 Å². The molecule has 4 rings (SSSR count). The van der Waals surface area contributed by atoms with E-state index in [0.29, 0.717) is 6.42 Å². The number of rotatable bonds is 5. The number of benzene rings is 2. The van der Waals surface area contributed by atoms with Gasteiger partial charge >= 0.3 is 6.09 Å². The summed E-state index contributed by atoms with van der Waals surface area (Å²) in [6.45, 7) is 6.04. The molecule has 1 aliphatic heterocycles. The molecule has 31 heavy (non-hydrogen) atoms. The summed E-state index contributed by atoms with van der Waals surface area (Å²) >= 11 is 0. The number of nitrogens with zero attached hydrogens (tertiary/aromatic N) is 1. The number of ether oxygens (including phenoxy) is 1. The van der Waals surface area contributed by atoms with Crippen molar-refractivity contribution in [2.45, 2.75) is 76.9 Å². The van der Waals surface area contributed by atoms with Crippen molar-refractivity contribution in [2.24, 2.45) is 5.41 Å². The summed E-state index contributed by atoms with van der Waals surface area (Å²) in [5.41, 5.74) is 1.18. The van der Waals surface area contributed by atoms with E-state index in [1.165, 1.54) is 11.3 Å². The molecule has 1 saturated heterocycles. The maximum atomic E-state index is 14.2. The van der Waals surface area contributed by atoms with E-state index in [9.17, 15) is 9.59 Å². The van der Waals surface area contributed by atoms with Crippen LogP contribution in [0.2, 0.25) is 0 Å². The largest absolute Gasteiger partial charge is 0.441 e. The molecule has 1 aliphatic carbocycles. The fraction of sp³-hybridized carbons (Fsp3) is 0.481. The lowest BCUT2D eigenvalue weighted by Gasteiger charge is -2.42. The highest BCUT2D eigenvalue weighted by Crippen LogP contribution is 2.49. The Bertz CT molecular complexity index is 916. The van der Waals surface area contributed by atoms with Crippen LogP contribution in [0.5, 0.6) is 0 Å². The number of hydrogen-bond acceptors (Lipinski definition) is 3. The fourth-order valence-electron chi connectivity index (χ4n) is 5.47. The number of amides is 2. The van der Waals surface area contributed by atoms with E-state index in [4.69, 9.17) is 4.74 Å². The Morgan fingerprint density at radius 3 is 2.16 bits per heavy atom. The molecule has 0 radical (unpaired) electrons. The van der Waals surface area contributed by atoms with Crippen molar-refractivity contribution < 1.29 is 14.3 Å². The quantitative estimate of drug-likeness (QED) is 0.587. The highest BCUT2D eigenvalue weighted by Gasteiger charge is 2.54. The van der Waals surface area contributed by atoms with Crippen molar-refractivity contribution in [1.29, 1.82) is 0 Å². The molecule has 164 valence electrons. The standard InChI is InChI=1S/C27H33NO3/c1-26(2)22(19-20-13-7-4-8-14-20)28(25(30)31-26)24(29)23(21-15-9-5-10-16-21)27(3)17-11-6-12-18-27/h4-5,7-10,13-16,22-23H,6,11-12,17-19H2,1-3H3/t22-,23-/m0/s1. The van der Waals surface area contributed by atoms with Crippen LogP contribution in [0.4, 0.5) is 4.79 Å². The van der Waals surface area contributed by atoms with Gasteiger partial charge in [-0.3, -0.25) is 4.79 Å². The zero-order valence-corrected chi connectivity index (χ0v) is 18.8. The van der Waals surface area contributed by atoms with Gasteiger partial charge in [-0.05, 0) is 49.7 Å². The normalized spacial score (nSPS) is 23.3. The van der Waals surface area contributed by atoms with Gasteiger partial charge in [-0.2, -0.15) is 0 Å². The Hall–Kier alpha value is -2.62. The van der Waals surface area contributed by atoms with Crippen LogP contribution in [0.3, 0.4) is 0 Å². The van der Waals surface area contributed by atoms with E-state index in [0.717, 1.165) is 36.8 Å². The number of hydrogen-bond donors (Lipinski definition) is 0. The second kappa shape index (κ2) is 8.49. The molecule has 1 heterocycles. The molecule has 0 unspecified atom stereocenters. The third kappa shape index (κ3) is 4.26. The fourth-order valence-corrected chi connectivity index (χ4v) is 5.47. The first-order chi connectivity index (χ1) is 14.8. The highest BCUT2D eigenvalue weighted by molar-refractivity contribution is 5.98. The summed E-state index contributed by atoms with van der Waals surface area (Å²) in [5.74, 6) is -0.471. The molecule has 0 bridgehead atoms. The van der Waals surface area contributed by atoms with E-state index < -0.39 is 11.7 Å². The molecule has 2 fully saturated rings. The molecule has 4 nitrogen and oxygen atoms in total. The summed E-state index contributed by atoms with van der Waals surface area (Å²) in [7, 11) is 0. The maximum Gasteiger partial charge on any atom is 0.417 e. The molecule has 4 heteroatoms. The predicted molar refractivity (Wildman–Crippen MR) is 122 cm³/mol. The van der Waals surface area contributed by atoms with Crippen molar-refractivity contribution in [3.8, 4) is 0 Å². The molecular formula is C27H33NO3. The van der Waals surface area contributed by atoms with Crippen LogP contribution < -0.4 is 0 Å². The van der Waals surface area contributed by atoms with Gasteiger partial charge in [-0.1, -0.05) is 86.8 Å². The third-order valence-corrected chi connectivity index (χ3v) is 7.24. The zero-order valence-electron chi connectivity index (χ0n) is 18.8. The van der Waals surface area contributed by atoms with E-state index in [2.05, 4.69) is 6.92 Å². The minimum Gasteiger partial charge on any atom is -0.441 e. The first kappa shape index (κ1) is 21.6. The average molecular weight is 420 g/mol. The van der Waals surface area contributed by atoms with Gasteiger partial charge < -0.3 is 4.74 Å². The van der Waals surface area contributed by atoms with Crippen LogP contribution in [-0.4, -0.2) is 28.5 Å². The Morgan fingerprint density at radius 1 is 0.968 bits per heavy atom. The molecule has 2 amide bonds. The van der Waals surface area contributed by atoms with Gasteiger partial charge in [0.1, 0.15) is 5.60 Å². The average Bonchev–Trinajstić information content (AvgIpc) is 2.97.